The second kappa shape index (κ2) is 16.0. The Morgan fingerprint density at radius 3 is 1.61 bits per heavy atom. The summed E-state index contributed by atoms with van der Waals surface area (Å²) in [6.45, 7) is 6.40. The predicted molar refractivity (Wildman–Crippen MR) is 96.9 cm³/mol. The Hall–Kier alpha value is 0.950. The number of halogens is 4. The Balaban J connectivity index is 0. The van der Waals surface area contributed by atoms with E-state index >= 15 is 0 Å². The maximum atomic E-state index is 5.54. The van der Waals surface area contributed by atoms with Gasteiger partial charge < -0.3 is 0 Å². The van der Waals surface area contributed by atoms with Gasteiger partial charge in [-0.05, 0) is 18.6 Å². The van der Waals surface area contributed by atoms with Gasteiger partial charge in [0.2, 0.25) is 0 Å². The lowest BCUT2D eigenvalue weighted by Gasteiger charge is -2.01. The first-order chi connectivity index (χ1) is 8.45. The zero-order chi connectivity index (χ0) is 14.4. The van der Waals surface area contributed by atoms with Crippen LogP contribution in [-0.4, -0.2) is 15.0 Å². The molecule has 0 bridgehead atoms. The Bertz CT molecular complexity index is 242. The number of hydrogen-bond donors (Lipinski definition) is 0. The number of benzene rings is 1. The Morgan fingerprint density at radius 1 is 1.06 bits per heavy atom. The molecule has 0 saturated heterocycles. The van der Waals surface area contributed by atoms with Crippen molar-refractivity contribution in [1.29, 1.82) is 0 Å². The van der Waals surface area contributed by atoms with E-state index in [4.69, 9.17) is 11.6 Å². The molecule has 0 N–H and O–H groups in total. The highest BCUT2D eigenvalue weighted by Crippen LogP contribution is 2.11. The molecule has 0 aliphatic carbocycles. The van der Waals surface area contributed by atoms with Crippen molar-refractivity contribution in [2.24, 2.45) is 0 Å². The normalized spacial score (nSPS) is 12.4. The highest BCUT2D eigenvalue weighted by molar-refractivity contribution is 9.12. The van der Waals surface area contributed by atoms with Gasteiger partial charge in [-0.25, -0.2) is 0 Å². The fourth-order valence-corrected chi connectivity index (χ4v) is 1.25. The molecule has 0 aromatic heterocycles. The smallest absolute Gasteiger partial charge is 0.0405 e. The number of hydrogen-bond acceptors (Lipinski definition) is 0. The summed E-state index contributed by atoms with van der Waals surface area (Å²) in [7, 11) is 0. The van der Waals surface area contributed by atoms with E-state index in [-0.39, 0.29) is 0 Å². The van der Waals surface area contributed by atoms with Crippen LogP contribution in [0.15, 0.2) is 30.3 Å². The molecule has 0 radical (unpaired) electrons. The highest BCUT2D eigenvalue weighted by Gasteiger charge is 2.00. The first-order valence-corrected chi connectivity index (χ1v) is 9.33. The average Bonchev–Trinajstić information content (AvgIpc) is 2.32. The van der Waals surface area contributed by atoms with Crippen LogP contribution in [0.4, 0.5) is 0 Å². The first kappa shape index (κ1) is 21.3. The maximum Gasteiger partial charge on any atom is 0.0405 e. The standard InChI is InChI=1S/C6H5Cl.C4H8Br2.C4H9Br/c7-6-4-2-1-3-5-6;1-3(5)4(2)6;1-2-3-4-5/h1-5H;3-4H,1-2H3;2-4H2,1H3. The third-order valence-electron chi connectivity index (χ3n) is 1.85. The molecule has 0 nitrogen and oxygen atoms in total. The number of alkyl halides is 3. The predicted octanol–water partition coefficient (Wildman–Crippen LogP) is 7.07. The van der Waals surface area contributed by atoms with Gasteiger partial charge in [-0.3, -0.25) is 0 Å². The SMILES string of the molecule is CC(Br)C(C)Br.CCCCBr.Clc1ccccc1. The van der Waals surface area contributed by atoms with Crippen molar-refractivity contribution in [2.75, 3.05) is 5.33 Å². The lowest BCUT2D eigenvalue weighted by Crippen LogP contribution is -2.02. The molecule has 1 aromatic rings. The lowest BCUT2D eigenvalue weighted by molar-refractivity contribution is 0.902. The van der Waals surface area contributed by atoms with Crippen LogP contribution < -0.4 is 0 Å². The maximum absolute atomic E-state index is 5.54. The molecule has 0 amide bonds. The van der Waals surface area contributed by atoms with Crippen molar-refractivity contribution >= 4 is 59.4 Å². The average molecular weight is 465 g/mol. The third kappa shape index (κ3) is 19.3. The van der Waals surface area contributed by atoms with Crippen molar-refractivity contribution in [3.8, 4) is 0 Å². The summed E-state index contributed by atoms with van der Waals surface area (Å²) in [5, 5.41) is 1.95. The molecule has 0 spiro atoms. The van der Waals surface area contributed by atoms with Crippen LogP contribution in [0.5, 0.6) is 0 Å². The molecule has 1 rings (SSSR count). The summed E-state index contributed by atoms with van der Waals surface area (Å²) in [4.78, 5) is 1.16. The van der Waals surface area contributed by atoms with Gasteiger partial charge in [-0.2, -0.15) is 0 Å². The second-order valence-electron chi connectivity index (χ2n) is 3.69. The van der Waals surface area contributed by atoms with Crippen molar-refractivity contribution in [3.05, 3.63) is 35.4 Å². The molecule has 0 aliphatic heterocycles. The largest absolute Gasteiger partial charge is 0.0928 e. The van der Waals surface area contributed by atoms with E-state index in [1.807, 2.05) is 30.3 Å². The van der Waals surface area contributed by atoms with Crippen molar-refractivity contribution in [2.45, 2.75) is 43.3 Å². The third-order valence-corrected chi connectivity index (χ3v) is 4.96. The molecule has 106 valence electrons. The minimum atomic E-state index is 0.581. The van der Waals surface area contributed by atoms with Gasteiger partial charge in [0.05, 0.1) is 0 Å². The van der Waals surface area contributed by atoms with Gasteiger partial charge in [-0.15, -0.1) is 0 Å². The fraction of sp³-hybridized carbons (Fsp3) is 0.571. The summed E-state index contributed by atoms with van der Waals surface area (Å²) in [5.74, 6) is 0. The van der Waals surface area contributed by atoms with Gasteiger partial charge in [0.15, 0.2) is 0 Å². The second-order valence-corrected chi connectivity index (χ2v) is 7.81. The molecule has 0 saturated carbocycles. The molecule has 0 aliphatic rings. The molecule has 4 heteroatoms. The summed E-state index contributed by atoms with van der Waals surface area (Å²) in [6.07, 6.45) is 2.60. The van der Waals surface area contributed by atoms with E-state index in [2.05, 4.69) is 68.6 Å². The van der Waals surface area contributed by atoms with Gasteiger partial charge in [0, 0.05) is 20.0 Å². The zero-order valence-electron chi connectivity index (χ0n) is 11.2. The Morgan fingerprint density at radius 2 is 1.50 bits per heavy atom. The van der Waals surface area contributed by atoms with Gasteiger partial charge >= 0.3 is 0 Å². The monoisotopic (exact) mass is 462 g/mol. The van der Waals surface area contributed by atoms with Gasteiger partial charge in [0.25, 0.3) is 0 Å². The lowest BCUT2D eigenvalue weighted by atomic mass is 10.4. The summed E-state index contributed by atoms with van der Waals surface area (Å²) in [6, 6.07) is 9.44. The number of unbranched alkanes of at least 4 members (excludes halogenated alkanes) is 1. The Labute approximate surface area is 142 Å². The molecule has 2 unspecified atom stereocenters. The summed E-state index contributed by atoms with van der Waals surface area (Å²) >= 11 is 15.6. The van der Waals surface area contributed by atoms with Gasteiger partial charge in [0.1, 0.15) is 0 Å². The van der Waals surface area contributed by atoms with Crippen LogP contribution in [0, 0.1) is 0 Å². The van der Waals surface area contributed by atoms with Crippen LogP contribution in [0.1, 0.15) is 33.6 Å². The van der Waals surface area contributed by atoms with E-state index in [0.717, 1.165) is 10.4 Å². The summed E-state index contributed by atoms with van der Waals surface area (Å²) < 4.78 is 0. The molecular formula is C14H22Br3Cl. The minimum Gasteiger partial charge on any atom is -0.0928 e. The van der Waals surface area contributed by atoms with Crippen LogP contribution in [0.3, 0.4) is 0 Å². The van der Waals surface area contributed by atoms with Gasteiger partial charge in [-0.1, -0.05) is 105 Å². The minimum absolute atomic E-state index is 0.581. The van der Waals surface area contributed by atoms with E-state index < -0.39 is 0 Å². The highest BCUT2D eigenvalue weighted by atomic mass is 79.9. The quantitative estimate of drug-likeness (QED) is 0.419. The molecule has 2 atom stereocenters. The van der Waals surface area contributed by atoms with Crippen LogP contribution in [0.25, 0.3) is 0 Å². The zero-order valence-corrected chi connectivity index (χ0v) is 16.7. The molecule has 18 heavy (non-hydrogen) atoms. The van der Waals surface area contributed by atoms with Crippen molar-refractivity contribution in [3.63, 3.8) is 0 Å². The van der Waals surface area contributed by atoms with Crippen LogP contribution >= 0.6 is 59.4 Å². The van der Waals surface area contributed by atoms with Crippen molar-refractivity contribution < 1.29 is 0 Å². The summed E-state index contributed by atoms with van der Waals surface area (Å²) in [5.41, 5.74) is 0. The Kier molecular flexibility index (Phi) is 18.9. The van der Waals surface area contributed by atoms with E-state index in [1.165, 1.54) is 12.8 Å². The molecule has 0 fully saturated rings. The van der Waals surface area contributed by atoms with Crippen molar-refractivity contribution in [1.82, 2.24) is 0 Å². The first-order valence-electron chi connectivity index (χ1n) is 6.00. The van der Waals surface area contributed by atoms with E-state index in [1.54, 1.807) is 0 Å². The molecule has 0 heterocycles. The van der Waals surface area contributed by atoms with Crippen LogP contribution in [0.2, 0.25) is 5.02 Å². The van der Waals surface area contributed by atoms with E-state index in [0.29, 0.717) is 9.65 Å². The topological polar surface area (TPSA) is 0 Å². The van der Waals surface area contributed by atoms with Crippen LogP contribution in [-0.2, 0) is 0 Å². The molecule has 1 aromatic carbocycles. The van der Waals surface area contributed by atoms with E-state index in [9.17, 15) is 0 Å². The molecular weight excluding hydrogens is 443 g/mol. The fourth-order valence-electron chi connectivity index (χ4n) is 0.548. The number of rotatable bonds is 3.